The van der Waals surface area contributed by atoms with Gasteiger partial charge in [-0.25, -0.2) is 13.2 Å². The number of amides is 1. The smallest absolute Gasteiger partial charge is 0.247 e. The van der Waals surface area contributed by atoms with Crippen LogP contribution in [-0.2, 0) is 4.79 Å². The molecule has 1 atom stereocenters. The van der Waals surface area contributed by atoms with Gasteiger partial charge < -0.3 is 4.90 Å². The molecule has 1 aliphatic heterocycles. The molecule has 94 valence electrons. The molecule has 0 aliphatic carbocycles. The van der Waals surface area contributed by atoms with Crippen molar-refractivity contribution in [2.75, 3.05) is 26.2 Å². The Hall–Kier alpha value is -0.780. The van der Waals surface area contributed by atoms with Crippen LogP contribution in [0.1, 0.15) is 13.8 Å². The zero-order chi connectivity index (χ0) is 12.3. The van der Waals surface area contributed by atoms with Crippen LogP contribution < -0.4 is 0 Å². The Balaban J connectivity index is 2.56. The lowest BCUT2D eigenvalue weighted by Gasteiger charge is -2.40. The second-order valence-electron chi connectivity index (χ2n) is 4.64. The molecule has 0 saturated carbocycles. The quantitative estimate of drug-likeness (QED) is 0.545. The van der Waals surface area contributed by atoms with Crippen LogP contribution in [0.15, 0.2) is 0 Å². The van der Waals surface area contributed by atoms with E-state index >= 15 is 0 Å². The topological polar surface area (TPSA) is 23.6 Å². The minimum absolute atomic E-state index is 0.302. The first-order valence-corrected chi connectivity index (χ1v) is 5.25. The van der Waals surface area contributed by atoms with Gasteiger partial charge in [0.1, 0.15) is 0 Å². The van der Waals surface area contributed by atoms with Crippen LogP contribution in [0.3, 0.4) is 0 Å². The molecule has 0 radical (unpaired) electrons. The van der Waals surface area contributed by atoms with Gasteiger partial charge in [-0.1, -0.05) is 13.8 Å². The van der Waals surface area contributed by atoms with Crippen molar-refractivity contribution < 1.29 is 18.0 Å². The fourth-order valence-electron chi connectivity index (χ4n) is 1.64. The van der Waals surface area contributed by atoms with Gasteiger partial charge in [-0.3, -0.25) is 9.69 Å². The third-order valence-electron chi connectivity index (χ3n) is 2.99. The maximum Gasteiger partial charge on any atom is 0.247 e. The van der Waals surface area contributed by atoms with E-state index in [-0.39, 0.29) is 0 Å². The number of halogens is 3. The molecule has 0 aromatic heterocycles. The highest BCUT2D eigenvalue weighted by Crippen LogP contribution is 2.33. The minimum Gasteiger partial charge on any atom is -0.343 e. The molecule has 1 heterocycles. The molecule has 0 aromatic rings. The van der Waals surface area contributed by atoms with E-state index in [0.717, 1.165) is 0 Å². The van der Waals surface area contributed by atoms with Crippen molar-refractivity contribution in [2.24, 2.45) is 5.41 Å². The summed E-state index contributed by atoms with van der Waals surface area (Å²) in [6, 6.07) is 0. The Morgan fingerprint density at radius 3 is 2.00 bits per heavy atom. The van der Waals surface area contributed by atoms with E-state index in [4.69, 9.17) is 0 Å². The average Bonchev–Trinajstić information content (AvgIpc) is 2.28. The van der Waals surface area contributed by atoms with E-state index in [0.29, 0.717) is 32.6 Å². The second kappa shape index (κ2) is 5.03. The lowest BCUT2D eigenvalue weighted by molar-refractivity contribution is -0.127. The Kier molecular flexibility index (Phi) is 4.18. The first-order valence-electron chi connectivity index (χ1n) is 5.25. The second-order valence-corrected chi connectivity index (χ2v) is 4.64. The van der Waals surface area contributed by atoms with Crippen LogP contribution in [0.4, 0.5) is 13.2 Å². The van der Waals surface area contributed by atoms with Crippen molar-refractivity contribution in [2.45, 2.75) is 26.6 Å². The van der Waals surface area contributed by atoms with Gasteiger partial charge in [0, 0.05) is 26.2 Å². The highest BCUT2D eigenvalue weighted by molar-refractivity contribution is 5.47. The zero-order valence-electron chi connectivity index (χ0n) is 9.50. The Morgan fingerprint density at radius 1 is 1.12 bits per heavy atom. The van der Waals surface area contributed by atoms with Crippen LogP contribution in [-0.4, -0.2) is 55.1 Å². The van der Waals surface area contributed by atoms with Crippen molar-refractivity contribution in [3.05, 3.63) is 0 Å². The summed E-state index contributed by atoms with van der Waals surface area (Å²) in [5, 5.41) is 0. The molecule has 0 N–H and O–H groups in total. The number of rotatable bonds is 4. The van der Waals surface area contributed by atoms with E-state index in [2.05, 4.69) is 0 Å². The predicted molar refractivity (Wildman–Crippen MR) is 53.9 cm³/mol. The van der Waals surface area contributed by atoms with Crippen molar-refractivity contribution in [1.29, 1.82) is 0 Å². The maximum atomic E-state index is 13.9. The van der Waals surface area contributed by atoms with Crippen LogP contribution in [0.25, 0.3) is 0 Å². The molecule has 0 aromatic carbocycles. The number of piperazine rings is 1. The fraction of sp³-hybridized carbons (Fsp3) is 0.900. The summed E-state index contributed by atoms with van der Waals surface area (Å²) >= 11 is 0. The van der Waals surface area contributed by atoms with Gasteiger partial charge in [-0.05, 0) is 0 Å². The standard InChI is InChI=1S/C10H17F3N2O/c1-10(2,8(11)12)9(13)15-5-3-14(7-16)4-6-15/h7-9H,3-6H2,1-2H3. The molecule has 1 unspecified atom stereocenters. The number of hydrogen-bond donors (Lipinski definition) is 0. The summed E-state index contributed by atoms with van der Waals surface area (Å²) in [7, 11) is 0. The van der Waals surface area contributed by atoms with E-state index < -0.39 is 18.1 Å². The summed E-state index contributed by atoms with van der Waals surface area (Å²) in [5.74, 6) is 0. The summed E-state index contributed by atoms with van der Waals surface area (Å²) in [6.45, 7) is 3.82. The molecular weight excluding hydrogens is 221 g/mol. The largest absolute Gasteiger partial charge is 0.343 e. The predicted octanol–water partition coefficient (Wildman–Crippen LogP) is 1.35. The van der Waals surface area contributed by atoms with Gasteiger partial charge in [-0.2, -0.15) is 0 Å². The Morgan fingerprint density at radius 2 is 1.62 bits per heavy atom. The van der Waals surface area contributed by atoms with Crippen molar-refractivity contribution >= 4 is 6.41 Å². The molecule has 1 rings (SSSR count). The first-order chi connectivity index (χ1) is 7.39. The monoisotopic (exact) mass is 238 g/mol. The van der Waals surface area contributed by atoms with Crippen LogP contribution >= 0.6 is 0 Å². The normalized spacial score (nSPS) is 21.2. The van der Waals surface area contributed by atoms with E-state index in [1.165, 1.54) is 23.6 Å². The van der Waals surface area contributed by atoms with Crippen LogP contribution in [0.2, 0.25) is 0 Å². The molecule has 1 aliphatic rings. The molecule has 1 saturated heterocycles. The maximum absolute atomic E-state index is 13.9. The number of hydrogen-bond acceptors (Lipinski definition) is 2. The van der Waals surface area contributed by atoms with Crippen LogP contribution in [0, 0.1) is 5.41 Å². The van der Waals surface area contributed by atoms with Gasteiger partial charge in [0.25, 0.3) is 0 Å². The lowest BCUT2D eigenvalue weighted by atomic mass is 9.91. The summed E-state index contributed by atoms with van der Waals surface area (Å²) in [4.78, 5) is 13.3. The van der Waals surface area contributed by atoms with Crippen molar-refractivity contribution in [3.8, 4) is 0 Å². The molecule has 16 heavy (non-hydrogen) atoms. The van der Waals surface area contributed by atoms with Gasteiger partial charge in [0.2, 0.25) is 12.8 Å². The molecule has 1 amide bonds. The Bertz CT molecular complexity index is 240. The van der Waals surface area contributed by atoms with E-state index in [1.54, 1.807) is 0 Å². The number of alkyl halides is 3. The minimum atomic E-state index is -2.70. The van der Waals surface area contributed by atoms with Gasteiger partial charge in [0.15, 0.2) is 6.30 Å². The molecule has 6 heteroatoms. The number of carbonyl (C=O) groups is 1. The third kappa shape index (κ3) is 2.66. The fourth-order valence-corrected chi connectivity index (χ4v) is 1.64. The third-order valence-corrected chi connectivity index (χ3v) is 2.99. The van der Waals surface area contributed by atoms with Crippen LogP contribution in [0.5, 0.6) is 0 Å². The summed E-state index contributed by atoms with van der Waals surface area (Å²) in [5.41, 5.74) is -1.68. The van der Waals surface area contributed by atoms with Gasteiger partial charge in [-0.15, -0.1) is 0 Å². The van der Waals surface area contributed by atoms with Crippen molar-refractivity contribution in [1.82, 2.24) is 9.80 Å². The van der Waals surface area contributed by atoms with E-state index in [1.807, 2.05) is 0 Å². The molecular formula is C10H17F3N2O. The number of nitrogens with zero attached hydrogens (tertiary/aromatic N) is 2. The van der Waals surface area contributed by atoms with Gasteiger partial charge >= 0.3 is 0 Å². The SMILES string of the molecule is CC(C)(C(F)F)C(F)N1CCN(C=O)CC1. The number of carbonyl (C=O) groups excluding carboxylic acids is 1. The van der Waals surface area contributed by atoms with Crippen molar-refractivity contribution in [3.63, 3.8) is 0 Å². The summed E-state index contributed by atoms with van der Waals surface area (Å²) < 4.78 is 39.1. The molecule has 3 nitrogen and oxygen atoms in total. The Labute approximate surface area is 93.2 Å². The molecule has 0 spiro atoms. The highest BCUT2D eigenvalue weighted by Gasteiger charge is 2.42. The molecule has 0 bridgehead atoms. The summed E-state index contributed by atoms with van der Waals surface area (Å²) in [6.07, 6.45) is -3.68. The average molecular weight is 238 g/mol. The van der Waals surface area contributed by atoms with E-state index in [9.17, 15) is 18.0 Å². The molecule has 1 fully saturated rings. The zero-order valence-corrected chi connectivity index (χ0v) is 9.50. The van der Waals surface area contributed by atoms with Gasteiger partial charge in [0.05, 0.1) is 5.41 Å². The lowest BCUT2D eigenvalue weighted by Crippen LogP contribution is -2.54. The highest BCUT2D eigenvalue weighted by atomic mass is 19.3. The first kappa shape index (κ1) is 13.3.